The van der Waals surface area contributed by atoms with Gasteiger partial charge in [-0.2, -0.15) is 5.26 Å². The minimum Gasteiger partial charge on any atom is -0.476 e. The number of thioether (sulfide) groups is 1. The topological polar surface area (TPSA) is 83.2 Å². The predicted molar refractivity (Wildman–Crippen MR) is 74.2 cm³/mol. The van der Waals surface area contributed by atoms with Crippen LogP contribution in [0, 0.1) is 11.3 Å². The summed E-state index contributed by atoms with van der Waals surface area (Å²) in [5.74, 6) is -0.760. The molecule has 1 heterocycles. The van der Waals surface area contributed by atoms with E-state index in [9.17, 15) is 10.1 Å². The Labute approximate surface area is 119 Å². The fraction of sp³-hybridized carbons (Fsp3) is 0.0714. The summed E-state index contributed by atoms with van der Waals surface area (Å²) in [4.78, 5) is 15.6. The molecule has 0 unspecified atom stereocenters. The first-order chi connectivity index (χ1) is 9.67. The number of ether oxygens (including phenoxy) is 1. The summed E-state index contributed by atoms with van der Waals surface area (Å²) in [5.41, 5.74) is 0.186. The quantitative estimate of drug-likeness (QED) is 0.869. The molecule has 0 saturated heterocycles. The maximum Gasteiger partial charge on any atom is 0.358 e. The molecule has 0 aliphatic rings. The highest BCUT2D eigenvalue weighted by Crippen LogP contribution is 2.32. The highest BCUT2D eigenvalue weighted by atomic mass is 32.2. The summed E-state index contributed by atoms with van der Waals surface area (Å²) in [6, 6.07) is 10.3. The molecule has 0 radical (unpaired) electrons. The summed E-state index contributed by atoms with van der Waals surface area (Å²) < 4.78 is 5.56. The molecule has 20 heavy (non-hydrogen) atoms. The molecule has 0 aliphatic heterocycles. The normalized spacial score (nSPS) is 9.80. The monoisotopic (exact) mass is 286 g/mol. The van der Waals surface area contributed by atoms with E-state index in [4.69, 9.17) is 9.84 Å². The van der Waals surface area contributed by atoms with Gasteiger partial charge in [-0.25, -0.2) is 9.78 Å². The van der Waals surface area contributed by atoms with Gasteiger partial charge in [0.05, 0.1) is 0 Å². The van der Waals surface area contributed by atoms with Crippen LogP contribution in [0.15, 0.2) is 41.4 Å². The zero-order valence-corrected chi connectivity index (χ0v) is 11.3. The lowest BCUT2D eigenvalue weighted by atomic mass is 10.2. The zero-order valence-electron chi connectivity index (χ0n) is 10.5. The Morgan fingerprint density at radius 2 is 2.10 bits per heavy atom. The second-order valence-electron chi connectivity index (χ2n) is 3.70. The number of rotatable bonds is 4. The van der Waals surface area contributed by atoms with Crippen LogP contribution < -0.4 is 4.74 Å². The number of nitrogens with zero attached hydrogens (tertiary/aromatic N) is 2. The summed E-state index contributed by atoms with van der Waals surface area (Å²) in [5, 5.41) is 18.3. The van der Waals surface area contributed by atoms with Gasteiger partial charge in [0, 0.05) is 11.1 Å². The number of aromatic carboxylic acids is 1. The smallest absolute Gasteiger partial charge is 0.358 e. The van der Waals surface area contributed by atoms with Crippen LogP contribution in [-0.2, 0) is 0 Å². The van der Waals surface area contributed by atoms with E-state index in [-0.39, 0.29) is 11.4 Å². The average Bonchev–Trinajstić information content (AvgIpc) is 2.47. The molecule has 1 aromatic carbocycles. The fourth-order valence-corrected chi connectivity index (χ4v) is 2.19. The Kier molecular flexibility index (Phi) is 4.23. The van der Waals surface area contributed by atoms with E-state index in [0.717, 1.165) is 4.90 Å². The molecule has 6 heteroatoms. The largest absolute Gasteiger partial charge is 0.476 e. The SMILES string of the molecule is CSc1cccc(Oc2cccnc2C(=O)O)c1C#N. The van der Waals surface area contributed by atoms with Crippen LogP contribution in [-0.4, -0.2) is 22.3 Å². The first kappa shape index (κ1) is 13.9. The van der Waals surface area contributed by atoms with Gasteiger partial charge in [-0.1, -0.05) is 6.07 Å². The van der Waals surface area contributed by atoms with Crippen LogP contribution in [0.1, 0.15) is 16.1 Å². The minimum absolute atomic E-state index is 0.106. The molecule has 0 fully saturated rings. The van der Waals surface area contributed by atoms with Crippen LogP contribution in [0.5, 0.6) is 11.5 Å². The van der Waals surface area contributed by atoms with Gasteiger partial charge in [-0.05, 0) is 30.5 Å². The number of carboxylic acids is 1. The van der Waals surface area contributed by atoms with Gasteiger partial charge in [-0.3, -0.25) is 0 Å². The number of benzene rings is 1. The number of nitriles is 1. The lowest BCUT2D eigenvalue weighted by Crippen LogP contribution is -2.03. The van der Waals surface area contributed by atoms with Crippen LogP contribution in [0.25, 0.3) is 0 Å². The lowest BCUT2D eigenvalue weighted by molar-refractivity contribution is 0.0687. The van der Waals surface area contributed by atoms with Gasteiger partial charge in [0.1, 0.15) is 17.4 Å². The van der Waals surface area contributed by atoms with Crippen molar-refractivity contribution in [3.63, 3.8) is 0 Å². The third-order valence-corrected chi connectivity index (χ3v) is 3.29. The van der Waals surface area contributed by atoms with Crippen LogP contribution in [0.4, 0.5) is 0 Å². The molecule has 0 saturated carbocycles. The van der Waals surface area contributed by atoms with E-state index >= 15 is 0 Å². The number of carbonyl (C=O) groups is 1. The molecular weight excluding hydrogens is 276 g/mol. The van der Waals surface area contributed by atoms with Gasteiger partial charge in [-0.15, -0.1) is 11.8 Å². The van der Waals surface area contributed by atoms with Crippen LogP contribution >= 0.6 is 11.8 Å². The fourth-order valence-electron chi connectivity index (χ4n) is 1.63. The molecule has 2 aromatic rings. The van der Waals surface area contributed by atoms with Gasteiger partial charge >= 0.3 is 5.97 Å². The molecule has 0 bridgehead atoms. The van der Waals surface area contributed by atoms with Gasteiger partial charge < -0.3 is 9.84 Å². The molecule has 100 valence electrons. The van der Waals surface area contributed by atoms with E-state index in [1.54, 1.807) is 24.3 Å². The van der Waals surface area contributed by atoms with Crippen molar-refractivity contribution in [2.45, 2.75) is 4.90 Å². The van der Waals surface area contributed by atoms with Crippen LogP contribution in [0.2, 0.25) is 0 Å². The van der Waals surface area contributed by atoms with E-state index in [1.807, 2.05) is 6.26 Å². The minimum atomic E-state index is -1.18. The third-order valence-electron chi connectivity index (χ3n) is 2.51. The Hall–Kier alpha value is -2.52. The van der Waals surface area contributed by atoms with Crippen molar-refractivity contribution < 1.29 is 14.6 Å². The molecule has 2 rings (SSSR count). The van der Waals surface area contributed by atoms with Crippen LogP contribution in [0.3, 0.4) is 0 Å². The molecular formula is C14H10N2O3S. The highest BCUT2D eigenvalue weighted by molar-refractivity contribution is 7.98. The summed E-state index contributed by atoms with van der Waals surface area (Å²) in [6.07, 6.45) is 3.23. The Bertz CT molecular complexity index is 695. The highest BCUT2D eigenvalue weighted by Gasteiger charge is 2.15. The maximum atomic E-state index is 11.1. The Morgan fingerprint density at radius 1 is 1.35 bits per heavy atom. The van der Waals surface area contributed by atoms with E-state index in [0.29, 0.717) is 11.3 Å². The van der Waals surface area contributed by atoms with Gasteiger partial charge in [0.15, 0.2) is 11.4 Å². The van der Waals surface area contributed by atoms with E-state index < -0.39 is 5.97 Å². The van der Waals surface area contributed by atoms with Crippen molar-refractivity contribution in [3.05, 3.63) is 47.8 Å². The standard InChI is InChI=1S/C14H10N2O3S/c1-20-12-6-2-4-10(9(12)8-15)19-11-5-3-7-16-13(11)14(17)18/h2-7H,1H3,(H,17,18). The van der Waals surface area contributed by atoms with E-state index in [1.165, 1.54) is 24.0 Å². The number of hydrogen-bond donors (Lipinski definition) is 1. The molecule has 5 nitrogen and oxygen atoms in total. The maximum absolute atomic E-state index is 11.1. The molecule has 0 atom stereocenters. The number of aromatic nitrogens is 1. The van der Waals surface area contributed by atoms with Crippen molar-refractivity contribution in [1.29, 1.82) is 5.26 Å². The summed E-state index contributed by atoms with van der Waals surface area (Å²) in [7, 11) is 0. The van der Waals surface area contributed by atoms with Crippen molar-refractivity contribution in [2.75, 3.05) is 6.26 Å². The molecule has 0 spiro atoms. The zero-order chi connectivity index (χ0) is 14.5. The first-order valence-electron chi connectivity index (χ1n) is 5.60. The van der Waals surface area contributed by atoms with Crippen molar-refractivity contribution in [2.24, 2.45) is 0 Å². The van der Waals surface area contributed by atoms with Crippen molar-refractivity contribution >= 4 is 17.7 Å². The summed E-state index contributed by atoms with van der Waals surface area (Å²) in [6.45, 7) is 0. The Morgan fingerprint density at radius 3 is 2.75 bits per heavy atom. The lowest BCUT2D eigenvalue weighted by Gasteiger charge is -2.10. The van der Waals surface area contributed by atoms with Crippen molar-refractivity contribution in [1.82, 2.24) is 4.98 Å². The molecule has 1 aromatic heterocycles. The summed E-state index contributed by atoms with van der Waals surface area (Å²) >= 11 is 1.42. The first-order valence-corrected chi connectivity index (χ1v) is 6.83. The average molecular weight is 286 g/mol. The third kappa shape index (κ3) is 2.73. The van der Waals surface area contributed by atoms with Crippen molar-refractivity contribution in [3.8, 4) is 17.6 Å². The molecule has 0 amide bonds. The van der Waals surface area contributed by atoms with Gasteiger partial charge in [0.2, 0.25) is 0 Å². The van der Waals surface area contributed by atoms with Gasteiger partial charge in [0.25, 0.3) is 0 Å². The Balaban J connectivity index is 2.46. The number of carboxylic acid groups (broad SMARTS) is 1. The number of pyridine rings is 1. The number of hydrogen-bond acceptors (Lipinski definition) is 5. The second kappa shape index (κ2) is 6.08. The van der Waals surface area contributed by atoms with E-state index in [2.05, 4.69) is 11.1 Å². The predicted octanol–water partition coefficient (Wildman–Crippen LogP) is 3.17. The molecule has 0 aliphatic carbocycles. The second-order valence-corrected chi connectivity index (χ2v) is 4.55. The molecule has 1 N–H and O–H groups in total.